The van der Waals surface area contributed by atoms with Gasteiger partial charge in [-0.15, -0.1) is 13.2 Å². The van der Waals surface area contributed by atoms with Crippen LogP contribution in [0, 0.1) is 5.92 Å². The molecule has 1 saturated heterocycles. The van der Waals surface area contributed by atoms with Crippen LogP contribution in [0.25, 0.3) is 0 Å². The molecule has 0 bridgehead atoms. The van der Waals surface area contributed by atoms with Crippen molar-refractivity contribution in [1.82, 2.24) is 4.90 Å². The highest BCUT2D eigenvalue weighted by Crippen LogP contribution is 2.42. The minimum atomic E-state index is -5.16. The number of cyclic esters (lactones) is 1. The number of nitrogens with zero attached hydrogens (tertiary/aromatic N) is 2. The lowest BCUT2D eigenvalue weighted by atomic mass is 9.97. The van der Waals surface area contributed by atoms with Gasteiger partial charge in [-0.25, -0.2) is 4.79 Å². The quantitative estimate of drug-likeness (QED) is 0.235. The Bertz CT molecular complexity index is 1270. The topological polar surface area (TPSA) is 82.1 Å². The molecule has 1 heterocycles. The molecule has 1 amide bonds. The number of hydrogen-bond acceptors (Lipinski definition) is 5. The number of carbonyl (C=O) groups excluding carboxylic acids is 1. The zero-order valence-corrected chi connectivity index (χ0v) is 22.2. The molecule has 41 heavy (non-hydrogen) atoms. The Hall–Kier alpha value is -3.21. The molecule has 2 aromatic carbocycles. The van der Waals surface area contributed by atoms with Gasteiger partial charge in [0, 0.05) is 17.8 Å². The molecule has 3 rings (SSSR count). The standard InChI is InChI=1S/C24H23F9N2O5S/c1-12(2)10-35(41(37)38)19-5-4-18(40-24(31,32)33)8-15(19)11-34-13(3)20(39-21(34)36)14-6-16(22(25,26)27)9-17(7-14)23(28,29)30/h4-9,12-13,20H,10-11H2,1-3H3,(H,37,38)/p-1/t13-,20-/m0/s1. The molecule has 228 valence electrons. The van der Waals surface area contributed by atoms with Crippen LogP contribution < -0.4 is 9.04 Å². The number of benzene rings is 2. The van der Waals surface area contributed by atoms with Gasteiger partial charge in [0.1, 0.15) is 11.9 Å². The molecule has 2 aromatic rings. The Kier molecular flexibility index (Phi) is 9.13. The van der Waals surface area contributed by atoms with Crippen LogP contribution in [-0.4, -0.2) is 38.7 Å². The molecule has 0 spiro atoms. The number of ether oxygens (including phenoxy) is 2. The van der Waals surface area contributed by atoms with Crippen molar-refractivity contribution in [1.29, 1.82) is 0 Å². The molecule has 7 nitrogen and oxygen atoms in total. The summed E-state index contributed by atoms with van der Waals surface area (Å²) in [4.78, 5) is 13.6. The van der Waals surface area contributed by atoms with Crippen LogP contribution in [0.4, 0.5) is 50.0 Å². The lowest BCUT2D eigenvalue weighted by molar-refractivity contribution is -0.274. The lowest BCUT2D eigenvalue weighted by Crippen LogP contribution is -2.34. The second kappa shape index (κ2) is 11.6. The van der Waals surface area contributed by atoms with Crippen molar-refractivity contribution in [2.75, 3.05) is 10.8 Å². The molecule has 1 aliphatic heterocycles. The first-order valence-electron chi connectivity index (χ1n) is 11.7. The molecule has 0 N–H and O–H groups in total. The van der Waals surface area contributed by atoms with Crippen molar-refractivity contribution in [2.24, 2.45) is 5.92 Å². The normalized spacial score (nSPS) is 19.0. The Balaban J connectivity index is 2.05. The summed E-state index contributed by atoms with van der Waals surface area (Å²) in [5.74, 6) is -1.02. The van der Waals surface area contributed by atoms with E-state index in [4.69, 9.17) is 4.74 Å². The van der Waals surface area contributed by atoms with E-state index in [1.807, 2.05) is 0 Å². The Labute approximate surface area is 230 Å². The summed E-state index contributed by atoms with van der Waals surface area (Å²) in [6, 6.07) is 2.17. The highest BCUT2D eigenvalue weighted by atomic mass is 32.2. The monoisotopic (exact) mass is 621 g/mol. The van der Waals surface area contributed by atoms with Crippen LogP contribution in [0.5, 0.6) is 5.75 Å². The highest BCUT2D eigenvalue weighted by molar-refractivity contribution is 7.80. The number of halogens is 9. The summed E-state index contributed by atoms with van der Waals surface area (Å²) >= 11 is -2.92. The van der Waals surface area contributed by atoms with Crippen molar-refractivity contribution in [3.63, 3.8) is 0 Å². The van der Waals surface area contributed by atoms with Crippen LogP contribution in [-0.2, 0) is 34.9 Å². The molecule has 1 aliphatic rings. The summed E-state index contributed by atoms with van der Waals surface area (Å²) in [7, 11) is 0. The van der Waals surface area contributed by atoms with Crippen molar-refractivity contribution in [3.8, 4) is 5.75 Å². The molecule has 0 aliphatic carbocycles. The zero-order valence-electron chi connectivity index (χ0n) is 21.4. The van der Waals surface area contributed by atoms with Gasteiger partial charge >= 0.3 is 24.8 Å². The van der Waals surface area contributed by atoms with E-state index < -0.39 is 77.2 Å². The van der Waals surface area contributed by atoms with Crippen molar-refractivity contribution in [3.05, 3.63) is 58.7 Å². The number of carbonyl (C=O) groups is 1. The fourth-order valence-electron chi connectivity index (χ4n) is 4.19. The maximum Gasteiger partial charge on any atom is 0.573 e. The minimum Gasteiger partial charge on any atom is -0.755 e. The van der Waals surface area contributed by atoms with Crippen molar-refractivity contribution in [2.45, 2.75) is 58.2 Å². The van der Waals surface area contributed by atoms with Crippen molar-refractivity contribution >= 4 is 23.0 Å². The number of amides is 1. The first-order valence-corrected chi connectivity index (χ1v) is 12.7. The third-order valence-electron chi connectivity index (χ3n) is 5.94. The number of alkyl halides is 9. The zero-order chi connectivity index (χ0) is 31.1. The summed E-state index contributed by atoms with van der Waals surface area (Å²) in [5, 5.41) is 0. The maximum atomic E-state index is 13.4. The maximum absolute atomic E-state index is 13.4. The van der Waals surface area contributed by atoms with E-state index in [0.29, 0.717) is 12.1 Å². The van der Waals surface area contributed by atoms with Gasteiger partial charge in [0.25, 0.3) is 0 Å². The van der Waals surface area contributed by atoms with Crippen LogP contribution in [0.15, 0.2) is 36.4 Å². The Morgan fingerprint density at radius 2 is 1.56 bits per heavy atom. The van der Waals surface area contributed by atoms with Gasteiger partial charge in [-0.05, 0) is 60.4 Å². The van der Waals surface area contributed by atoms with Gasteiger partial charge in [0.15, 0.2) is 0 Å². The largest absolute Gasteiger partial charge is 0.755 e. The summed E-state index contributed by atoms with van der Waals surface area (Å²) in [6.45, 7) is 3.83. The SMILES string of the molecule is CC(C)CN(c1ccc(OC(F)(F)F)cc1CN1C(=O)O[C@H](c2cc(C(F)(F)F)cc(C(F)(F)F)c2)[C@@H]1C)S(=O)[O-]. The Morgan fingerprint density at radius 3 is 2.02 bits per heavy atom. The molecule has 17 heteroatoms. The van der Waals surface area contributed by atoms with Gasteiger partial charge in [0.05, 0.1) is 29.4 Å². The second-order valence-corrected chi connectivity index (χ2v) is 10.4. The van der Waals surface area contributed by atoms with E-state index in [1.165, 1.54) is 6.92 Å². The van der Waals surface area contributed by atoms with E-state index in [9.17, 15) is 53.1 Å². The van der Waals surface area contributed by atoms with E-state index >= 15 is 0 Å². The molecular weight excluding hydrogens is 599 g/mol. The molecule has 1 fully saturated rings. The van der Waals surface area contributed by atoms with Gasteiger partial charge < -0.3 is 18.3 Å². The van der Waals surface area contributed by atoms with Gasteiger partial charge in [-0.2, -0.15) is 26.3 Å². The second-order valence-electron chi connectivity index (χ2n) is 9.52. The average Bonchev–Trinajstić information content (AvgIpc) is 3.08. The first-order chi connectivity index (χ1) is 18.7. The minimum absolute atomic E-state index is 0.0898. The van der Waals surface area contributed by atoms with Crippen molar-refractivity contribution < 1.29 is 62.5 Å². The fourth-order valence-corrected chi connectivity index (χ4v) is 4.95. The van der Waals surface area contributed by atoms with Gasteiger partial charge in [-0.1, -0.05) is 13.8 Å². The van der Waals surface area contributed by atoms with Gasteiger partial charge in [-0.3, -0.25) is 9.11 Å². The number of rotatable bonds is 8. The van der Waals surface area contributed by atoms with E-state index in [0.717, 1.165) is 27.4 Å². The highest BCUT2D eigenvalue weighted by Gasteiger charge is 2.43. The summed E-state index contributed by atoms with van der Waals surface area (Å²) in [5.41, 5.74) is -4.20. The van der Waals surface area contributed by atoms with E-state index in [1.54, 1.807) is 13.8 Å². The lowest BCUT2D eigenvalue weighted by Gasteiger charge is -2.31. The van der Waals surface area contributed by atoms with Crippen LogP contribution >= 0.6 is 0 Å². The average molecular weight is 621 g/mol. The van der Waals surface area contributed by atoms with Crippen LogP contribution in [0.2, 0.25) is 0 Å². The third-order valence-corrected chi connectivity index (χ3v) is 6.64. The molecule has 0 radical (unpaired) electrons. The molecule has 0 saturated carbocycles. The van der Waals surface area contributed by atoms with Crippen LogP contribution in [0.1, 0.15) is 49.1 Å². The molecule has 1 unspecified atom stereocenters. The number of anilines is 1. The Morgan fingerprint density at radius 1 is 1.00 bits per heavy atom. The van der Waals surface area contributed by atoms with E-state index in [2.05, 4.69) is 4.74 Å². The molecular formula is C24H22F9N2O5S-. The fraction of sp³-hybridized carbons (Fsp3) is 0.458. The third kappa shape index (κ3) is 7.96. The first kappa shape index (κ1) is 32.3. The smallest absolute Gasteiger partial charge is 0.573 e. The van der Waals surface area contributed by atoms with Gasteiger partial charge in [0.2, 0.25) is 0 Å². The predicted molar refractivity (Wildman–Crippen MR) is 125 cm³/mol. The summed E-state index contributed by atoms with van der Waals surface area (Å²) < 4.78 is 152. The molecule has 0 aromatic heterocycles. The van der Waals surface area contributed by atoms with E-state index in [-0.39, 0.29) is 29.8 Å². The predicted octanol–water partition coefficient (Wildman–Crippen LogP) is 6.96. The summed E-state index contributed by atoms with van der Waals surface area (Å²) in [6.07, 6.45) is -18.3. The van der Waals surface area contributed by atoms with Crippen LogP contribution in [0.3, 0.4) is 0 Å². The molecule has 3 atom stereocenters. The number of hydrogen-bond donors (Lipinski definition) is 0.